The lowest BCUT2D eigenvalue weighted by Crippen LogP contribution is -2.35. The molecule has 5 nitrogen and oxygen atoms in total. The highest BCUT2D eigenvalue weighted by molar-refractivity contribution is 7.90. The van der Waals surface area contributed by atoms with Gasteiger partial charge in [-0.15, -0.1) is 0 Å². The molecule has 3 N–H and O–H groups in total. The summed E-state index contributed by atoms with van der Waals surface area (Å²) in [5.74, 6) is -0.0888. The molecule has 1 aromatic rings. The minimum Gasteiger partial charge on any atom is -0.506 e. The molecule has 0 aliphatic carbocycles. The zero-order valence-corrected chi connectivity index (χ0v) is 10.3. The molecule has 6 heteroatoms. The summed E-state index contributed by atoms with van der Waals surface area (Å²) in [6.07, 6.45) is 0. The van der Waals surface area contributed by atoms with Gasteiger partial charge in [-0.2, -0.15) is 13.1 Å². The first kappa shape index (κ1) is 12.8. The molecule has 0 saturated carbocycles. The van der Waals surface area contributed by atoms with Crippen molar-refractivity contribution in [1.29, 1.82) is 0 Å². The Bertz CT molecular complexity index is 469. The SMILES string of the molecule is Cc1ccc(NS(=O)(=O)NC(C)C)c(O)c1. The average Bonchev–Trinajstić information content (AvgIpc) is 2.07. The van der Waals surface area contributed by atoms with Crippen LogP contribution in [-0.2, 0) is 10.2 Å². The van der Waals surface area contributed by atoms with Crippen molar-refractivity contribution in [3.05, 3.63) is 23.8 Å². The lowest BCUT2D eigenvalue weighted by molar-refractivity contribution is 0.477. The van der Waals surface area contributed by atoms with Crippen molar-refractivity contribution in [1.82, 2.24) is 4.72 Å². The normalized spacial score (nSPS) is 11.8. The van der Waals surface area contributed by atoms with Crippen LogP contribution in [0.2, 0.25) is 0 Å². The summed E-state index contributed by atoms with van der Waals surface area (Å²) in [6.45, 7) is 5.24. The van der Waals surface area contributed by atoms with Gasteiger partial charge in [0.2, 0.25) is 0 Å². The predicted molar refractivity (Wildman–Crippen MR) is 63.7 cm³/mol. The fraction of sp³-hybridized carbons (Fsp3) is 0.400. The van der Waals surface area contributed by atoms with E-state index in [-0.39, 0.29) is 17.5 Å². The van der Waals surface area contributed by atoms with E-state index in [2.05, 4.69) is 9.44 Å². The molecule has 16 heavy (non-hydrogen) atoms. The maximum atomic E-state index is 11.5. The molecule has 0 aromatic heterocycles. The molecule has 0 atom stereocenters. The maximum Gasteiger partial charge on any atom is 0.299 e. The van der Waals surface area contributed by atoms with E-state index >= 15 is 0 Å². The van der Waals surface area contributed by atoms with Crippen LogP contribution < -0.4 is 9.44 Å². The fourth-order valence-corrected chi connectivity index (χ4v) is 2.35. The van der Waals surface area contributed by atoms with E-state index in [1.165, 1.54) is 12.1 Å². The molecule has 0 amide bonds. The van der Waals surface area contributed by atoms with E-state index in [9.17, 15) is 13.5 Å². The van der Waals surface area contributed by atoms with E-state index in [0.717, 1.165) is 5.56 Å². The van der Waals surface area contributed by atoms with Gasteiger partial charge >= 0.3 is 0 Å². The Hall–Kier alpha value is -1.27. The van der Waals surface area contributed by atoms with Crippen molar-refractivity contribution in [2.45, 2.75) is 26.8 Å². The summed E-state index contributed by atoms with van der Waals surface area (Å²) in [7, 11) is -3.63. The van der Waals surface area contributed by atoms with E-state index in [1.807, 2.05) is 6.92 Å². The highest BCUT2D eigenvalue weighted by Crippen LogP contribution is 2.24. The maximum absolute atomic E-state index is 11.5. The van der Waals surface area contributed by atoms with Gasteiger partial charge in [-0.3, -0.25) is 4.72 Å². The second kappa shape index (κ2) is 4.71. The Morgan fingerprint density at radius 1 is 1.31 bits per heavy atom. The molecule has 0 heterocycles. The molecular weight excluding hydrogens is 228 g/mol. The van der Waals surface area contributed by atoms with Gasteiger partial charge in [0.1, 0.15) is 5.75 Å². The van der Waals surface area contributed by atoms with Crippen LogP contribution in [-0.4, -0.2) is 19.6 Å². The molecule has 0 saturated heterocycles. The van der Waals surface area contributed by atoms with Crippen molar-refractivity contribution in [2.24, 2.45) is 0 Å². The Labute approximate surface area is 95.7 Å². The van der Waals surface area contributed by atoms with Crippen LogP contribution in [0.1, 0.15) is 19.4 Å². The zero-order valence-electron chi connectivity index (χ0n) is 9.48. The van der Waals surface area contributed by atoms with Gasteiger partial charge in [0.05, 0.1) is 5.69 Å². The van der Waals surface area contributed by atoms with Gasteiger partial charge in [-0.1, -0.05) is 6.07 Å². The summed E-state index contributed by atoms with van der Waals surface area (Å²) in [5, 5.41) is 9.53. The van der Waals surface area contributed by atoms with Crippen molar-refractivity contribution >= 4 is 15.9 Å². The minimum atomic E-state index is -3.63. The lowest BCUT2D eigenvalue weighted by atomic mass is 10.2. The van der Waals surface area contributed by atoms with Gasteiger partial charge in [0, 0.05) is 6.04 Å². The van der Waals surface area contributed by atoms with E-state index in [1.54, 1.807) is 19.9 Å². The Morgan fingerprint density at radius 2 is 1.94 bits per heavy atom. The van der Waals surface area contributed by atoms with Crippen molar-refractivity contribution in [3.8, 4) is 5.75 Å². The topological polar surface area (TPSA) is 78.4 Å². The van der Waals surface area contributed by atoms with E-state index in [0.29, 0.717) is 0 Å². The van der Waals surface area contributed by atoms with Gasteiger partial charge in [-0.05, 0) is 38.5 Å². The lowest BCUT2D eigenvalue weighted by Gasteiger charge is -2.12. The van der Waals surface area contributed by atoms with Crippen molar-refractivity contribution in [3.63, 3.8) is 0 Å². The first-order valence-corrected chi connectivity index (χ1v) is 6.38. The number of hydrogen-bond donors (Lipinski definition) is 3. The molecule has 0 fully saturated rings. The number of phenols is 1. The quantitative estimate of drug-likeness (QED) is 0.700. The van der Waals surface area contributed by atoms with Crippen molar-refractivity contribution in [2.75, 3.05) is 4.72 Å². The second-order valence-electron chi connectivity index (χ2n) is 3.90. The molecular formula is C10H16N2O3S. The number of benzene rings is 1. The van der Waals surface area contributed by atoms with Crippen molar-refractivity contribution < 1.29 is 13.5 Å². The summed E-state index contributed by atoms with van der Waals surface area (Å²) >= 11 is 0. The summed E-state index contributed by atoms with van der Waals surface area (Å²) < 4.78 is 27.6. The van der Waals surface area contributed by atoms with Crippen LogP contribution in [0.25, 0.3) is 0 Å². The van der Waals surface area contributed by atoms with Gasteiger partial charge in [0.15, 0.2) is 0 Å². The second-order valence-corrected chi connectivity index (χ2v) is 5.35. The monoisotopic (exact) mass is 244 g/mol. The Kier molecular flexibility index (Phi) is 3.77. The minimum absolute atomic E-state index is 0.0888. The molecule has 0 spiro atoms. The Morgan fingerprint density at radius 3 is 2.44 bits per heavy atom. The number of hydrogen-bond acceptors (Lipinski definition) is 3. The van der Waals surface area contributed by atoms with Crippen LogP contribution in [0.3, 0.4) is 0 Å². The highest BCUT2D eigenvalue weighted by Gasteiger charge is 2.13. The number of phenolic OH excluding ortho intramolecular Hbond substituents is 1. The third-order valence-electron chi connectivity index (χ3n) is 1.79. The molecule has 0 aliphatic heterocycles. The van der Waals surface area contributed by atoms with E-state index < -0.39 is 10.2 Å². The van der Waals surface area contributed by atoms with Crippen LogP contribution in [0.5, 0.6) is 5.75 Å². The zero-order chi connectivity index (χ0) is 12.3. The highest BCUT2D eigenvalue weighted by atomic mass is 32.2. The van der Waals surface area contributed by atoms with Crippen LogP contribution >= 0.6 is 0 Å². The molecule has 0 radical (unpaired) electrons. The number of aryl methyl sites for hydroxylation is 1. The van der Waals surface area contributed by atoms with E-state index in [4.69, 9.17) is 0 Å². The van der Waals surface area contributed by atoms with Gasteiger partial charge in [0.25, 0.3) is 10.2 Å². The first-order valence-electron chi connectivity index (χ1n) is 4.90. The van der Waals surface area contributed by atoms with Crippen LogP contribution in [0.4, 0.5) is 5.69 Å². The standard InChI is InChI=1S/C10H16N2O3S/c1-7(2)11-16(14,15)12-9-5-4-8(3)6-10(9)13/h4-7,11-13H,1-3H3. The largest absolute Gasteiger partial charge is 0.506 e. The first-order chi connectivity index (χ1) is 7.30. The molecule has 0 aliphatic rings. The molecule has 0 unspecified atom stereocenters. The number of aromatic hydroxyl groups is 1. The third-order valence-corrected chi connectivity index (χ3v) is 3.06. The summed E-state index contributed by atoms with van der Waals surface area (Å²) in [5.41, 5.74) is 1.02. The average molecular weight is 244 g/mol. The summed E-state index contributed by atoms with van der Waals surface area (Å²) in [6, 6.07) is 4.52. The third kappa shape index (κ3) is 3.71. The van der Waals surface area contributed by atoms with Gasteiger partial charge in [-0.25, -0.2) is 0 Å². The van der Waals surface area contributed by atoms with Gasteiger partial charge < -0.3 is 5.11 Å². The van der Waals surface area contributed by atoms with Crippen LogP contribution in [0, 0.1) is 6.92 Å². The summed E-state index contributed by atoms with van der Waals surface area (Å²) in [4.78, 5) is 0. The molecule has 1 aromatic carbocycles. The smallest absolute Gasteiger partial charge is 0.299 e. The fourth-order valence-electron chi connectivity index (χ4n) is 1.21. The molecule has 0 bridgehead atoms. The number of rotatable bonds is 4. The number of nitrogens with one attached hydrogen (secondary N) is 2. The predicted octanol–water partition coefficient (Wildman–Crippen LogP) is 1.36. The van der Waals surface area contributed by atoms with Crippen LogP contribution in [0.15, 0.2) is 18.2 Å². The Balaban J connectivity index is 2.88. The molecule has 1 rings (SSSR count). The number of anilines is 1. The molecule has 90 valence electrons.